The first kappa shape index (κ1) is 17.4. The van der Waals surface area contributed by atoms with Crippen molar-refractivity contribution in [2.24, 2.45) is 0 Å². The van der Waals surface area contributed by atoms with Crippen molar-refractivity contribution in [1.82, 2.24) is 19.5 Å². The second kappa shape index (κ2) is 7.29. The molecule has 1 fully saturated rings. The molecular weight excluding hydrogens is 342 g/mol. The average Bonchev–Trinajstić information content (AvgIpc) is 3.03. The van der Waals surface area contributed by atoms with E-state index in [0.29, 0.717) is 11.7 Å². The van der Waals surface area contributed by atoms with Crippen LogP contribution in [0.4, 0.5) is 5.82 Å². The number of nitrogen functional groups attached to an aromatic ring is 1. The van der Waals surface area contributed by atoms with Gasteiger partial charge in [0.1, 0.15) is 5.82 Å². The molecule has 0 aliphatic carbocycles. The van der Waals surface area contributed by atoms with E-state index in [9.17, 15) is 0 Å². The van der Waals surface area contributed by atoms with Gasteiger partial charge in [-0.05, 0) is 50.3 Å². The van der Waals surface area contributed by atoms with Crippen LogP contribution >= 0.6 is 11.8 Å². The number of hydrogen-bond acceptors (Lipinski definition) is 5. The van der Waals surface area contributed by atoms with Crippen LogP contribution in [0.1, 0.15) is 35.7 Å². The Bertz CT molecular complexity index is 902. The molecule has 0 radical (unpaired) electrons. The van der Waals surface area contributed by atoms with E-state index < -0.39 is 0 Å². The molecule has 0 spiro atoms. The van der Waals surface area contributed by atoms with Crippen molar-refractivity contribution < 1.29 is 0 Å². The normalized spacial score (nSPS) is 18.5. The number of aromatic nitrogens is 3. The van der Waals surface area contributed by atoms with Crippen LogP contribution in [0.3, 0.4) is 0 Å². The maximum absolute atomic E-state index is 6.21. The summed E-state index contributed by atoms with van der Waals surface area (Å²) >= 11 is 1.78. The van der Waals surface area contributed by atoms with Crippen LogP contribution in [0.5, 0.6) is 0 Å². The van der Waals surface area contributed by atoms with Crippen LogP contribution in [0.15, 0.2) is 41.3 Å². The third kappa shape index (κ3) is 3.57. The molecule has 1 aliphatic rings. The summed E-state index contributed by atoms with van der Waals surface area (Å²) in [5.74, 6) is 1.10. The molecule has 5 nitrogen and oxygen atoms in total. The van der Waals surface area contributed by atoms with Crippen molar-refractivity contribution in [2.45, 2.75) is 37.1 Å². The first-order valence-electron chi connectivity index (χ1n) is 9.10. The fraction of sp³-hybridized carbons (Fsp3) is 0.400. The van der Waals surface area contributed by atoms with E-state index >= 15 is 0 Å². The molecule has 1 atom stereocenters. The minimum atomic E-state index is 0.428. The summed E-state index contributed by atoms with van der Waals surface area (Å²) in [6.45, 7) is 5.14. The molecule has 1 aliphatic heterocycles. The van der Waals surface area contributed by atoms with Crippen molar-refractivity contribution in [2.75, 3.05) is 25.1 Å². The van der Waals surface area contributed by atoms with Crippen LogP contribution in [0.25, 0.3) is 5.65 Å². The number of anilines is 1. The molecule has 2 N–H and O–H groups in total. The lowest BCUT2D eigenvalue weighted by Gasteiger charge is -2.32. The van der Waals surface area contributed by atoms with E-state index in [-0.39, 0.29) is 0 Å². The molecule has 6 heteroatoms. The number of rotatable bonds is 4. The summed E-state index contributed by atoms with van der Waals surface area (Å²) in [7, 11) is 0. The topological polar surface area (TPSA) is 59.5 Å². The highest BCUT2D eigenvalue weighted by molar-refractivity contribution is 7.98. The highest BCUT2D eigenvalue weighted by Gasteiger charge is 2.23. The second-order valence-electron chi connectivity index (χ2n) is 7.08. The Balaban J connectivity index is 1.51. The number of thioether (sulfide) groups is 1. The summed E-state index contributed by atoms with van der Waals surface area (Å²) < 4.78 is 1.73. The Morgan fingerprint density at radius 3 is 2.81 bits per heavy atom. The summed E-state index contributed by atoms with van der Waals surface area (Å²) in [5.41, 5.74) is 10.5. The number of piperidine rings is 1. The zero-order chi connectivity index (χ0) is 18.1. The summed E-state index contributed by atoms with van der Waals surface area (Å²) in [6.07, 6.45) is 4.47. The molecular formula is C20H25N5S. The molecule has 4 rings (SSSR count). The summed E-state index contributed by atoms with van der Waals surface area (Å²) in [4.78, 5) is 8.68. The third-order valence-corrected chi connectivity index (χ3v) is 5.83. The smallest absolute Gasteiger partial charge is 0.157 e. The largest absolute Gasteiger partial charge is 0.384 e. The molecule has 1 aromatic carbocycles. The number of aryl methyl sites for hydroxylation is 1. The highest BCUT2D eigenvalue weighted by atomic mass is 32.2. The van der Waals surface area contributed by atoms with Gasteiger partial charge in [0.15, 0.2) is 5.65 Å². The number of hydrogen-bond donors (Lipinski definition) is 1. The standard InChI is InChI=1S/C20H25N5S/c1-14-10-20-22-18(11-19(21)25(20)23-14)16-4-3-9-24(13-16)12-15-5-7-17(26-2)8-6-15/h5-8,10-11,16H,3-4,9,12-13,21H2,1-2H3/t16-/m1/s1. The number of nitrogens with zero attached hydrogens (tertiary/aromatic N) is 4. The molecule has 3 aromatic rings. The summed E-state index contributed by atoms with van der Waals surface area (Å²) in [6, 6.07) is 12.9. The van der Waals surface area contributed by atoms with E-state index in [4.69, 9.17) is 10.7 Å². The molecule has 0 bridgehead atoms. The van der Waals surface area contributed by atoms with Gasteiger partial charge in [0.2, 0.25) is 0 Å². The van der Waals surface area contributed by atoms with Gasteiger partial charge in [0.25, 0.3) is 0 Å². The maximum atomic E-state index is 6.21. The van der Waals surface area contributed by atoms with E-state index in [1.807, 2.05) is 19.1 Å². The van der Waals surface area contributed by atoms with E-state index in [1.165, 1.54) is 16.9 Å². The van der Waals surface area contributed by atoms with E-state index in [1.54, 1.807) is 16.3 Å². The molecule has 3 heterocycles. The predicted octanol–water partition coefficient (Wildman–Crippen LogP) is 3.72. The predicted molar refractivity (Wildman–Crippen MR) is 108 cm³/mol. The highest BCUT2D eigenvalue weighted by Crippen LogP contribution is 2.28. The van der Waals surface area contributed by atoms with Crippen LogP contribution in [-0.4, -0.2) is 38.8 Å². The van der Waals surface area contributed by atoms with Gasteiger partial charge in [-0.2, -0.15) is 9.61 Å². The van der Waals surface area contributed by atoms with Gasteiger partial charge in [-0.15, -0.1) is 11.8 Å². The van der Waals surface area contributed by atoms with Crippen LogP contribution < -0.4 is 5.73 Å². The Morgan fingerprint density at radius 2 is 2.04 bits per heavy atom. The molecule has 0 saturated carbocycles. The Labute approximate surface area is 158 Å². The van der Waals surface area contributed by atoms with Crippen LogP contribution in [0, 0.1) is 6.92 Å². The van der Waals surface area contributed by atoms with Crippen molar-refractivity contribution in [3.63, 3.8) is 0 Å². The fourth-order valence-corrected chi connectivity index (χ4v) is 4.18. The zero-order valence-electron chi connectivity index (χ0n) is 15.4. The van der Waals surface area contributed by atoms with Crippen LogP contribution in [-0.2, 0) is 6.54 Å². The Kier molecular flexibility index (Phi) is 4.87. The maximum Gasteiger partial charge on any atom is 0.157 e. The minimum Gasteiger partial charge on any atom is -0.384 e. The van der Waals surface area contributed by atoms with Gasteiger partial charge in [-0.1, -0.05) is 12.1 Å². The first-order valence-corrected chi connectivity index (χ1v) is 10.3. The summed E-state index contributed by atoms with van der Waals surface area (Å²) in [5, 5.41) is 4.40. The van der Waals surface area contributed by atoms with E-state index in [0.717, 1.165) is 43.1 Å². The quantitative estimate of drug-likeness (QED) is 0.712. The zero-order valence-corrected chi connectivity index (χ0v) is 16.2. The number of benzene rings is 1. The minimum absolute atomic E-state index is 0.428. The van der Waals surface area contributed by atoms with Gasteiger partial charge in [0, 0.05) is 36.0 Å². The number of nitrogens with two attached hydrogens (primary N) is 1. The lowest BCUT2D eigenvalue weighted by atomic mass is 9.94. The van der Waals surface area contributed by atoms with Gasteiger partial charge in [-0.3, -0.25) is 4.90 Å². The van der Waals surface area contributed by atoms with E-state index in [2.05, 4.69) is 40.5 Å². The monoisotopic (exact) mass is 367 g/mol. The molecule has 0 amide bonds. The molecule has 0 unspecified atom stereocenters. The number of likely N-dealkylation sites (tertiary alicyclic amines) is 1. The molecule has 26 heavy (non-hydrogen) atoms. The second-order valence-corrected chi connectivity index (χ2v) is 7.96. The molecule has 1 saturated heterocycles. The van der Waals surface area contributed by atoms with Gasteiger partial charge in [-0.25, -0.2) is 4.98 Å². The van der Waals surface area contributed by atoms with Crippen molar-refractivity contribution in [3.05, 3.63) is 53.3 Å². The first-order chi connectivity index (χ1) is 12.6. The fourth-order valence-electron chi connectivity index (χ4n) is 3.77. The van der Waals surface area contributed by atoms with Gasteiger partial charge >= 0.3 is 0 Å². The Hall–Kier alpha value is -2.05. The van der Waals surface area contributed by atoms with Crippen LogP contribution in [0.2, 0.25) is 0 Å². The average molecular weight is 368 g/mol. The lowest BCUT2D eigenvalue weighted by Crippen LogP contribution is -2.34. The van der Waals surface area contributed by atoms with Crippen molar-refractivity contribution in [3.8, 4) is 0 Å². The molecule has 2 aromatic heterocycles. The van der Waals surface area contributed by atoms with Gasteiger partial charge < -0.3 is 5.73 Å². The van der Waals surface area contributed by atoms with Crippen molar-refractivity contribution >= 4 is 23.2 Å². The van der Waals surface area contributed by atoms with Gasteiger partial charge in [0.05, 0.1) is 11.4 Å². The Morgan fingerprint density at radius 1 is 1.23 bits per heavy atom. The SMILES string of the molecule is CSc1ccc(CN2CCC[C@@H](c3cc(N)n4nc(C)cc4n3)C2)cc1. The number of fused-ring (bicyclic) bond motifs is 1. The van der Waals surface area contributed by atoms with Crippen molar-refractivity contribution in [1.29, 1.82) is 0 Å². The third-order valence-electron chi connectivity index (χ3n) is 5.09. The lowest BCUT2D eigenvalue weighted by molar-refractivity contribution is 0.198. The molecule has 136 valence electrons.